The van der Waals surface area contributed by atoms with Gasteiger partial charge in [-0.3, -0.25) is 0 Å². The van der Waals surface area contributed by atoms with Crippen molar-refractivity contribution in [3.63, 3.8) is 0 Å². The van der Waals surface area contributed by atoms with E-state index in [1.807, 2.05) is 0 Å². The Hall–Kier alpha value is -1.58. The predicted octanol–water partition coefficient (Wildman–Crippen LogP) is 5.15. The van der Waals surface area contributed by atoms with Gasteiger partial charge in [-0.05, 0) is 32.1 Å². The van der Waals surface area contributed by atoms with E-state index < -0.39 is 63.9 Å². The van der Waals surface area contributed by atoms with Gasteiger partial charge in [0.25, 0.3) is 10.0 Å². The fraction of sp³-hybridized carbons (Fsp3) is 0.412. The SMILES string of the molecule is C=CCCCC(CCC=C)Sc1c(F)c(F)c(S(=O)(=O)NS(=O)(=O)C(F)(F)F)c(F)c1F. The number of unbranched alkanes of at least 4 members (excludes halogenated alkanes) is 1. The summed E-state index contributed by atoms with van der Waals surface area (Å²) in [6.45, 7) is 7.00. The molecule has 5 nitrogen and oxygen atoms in total. The first-order chi connectivity index (χ1) is 14.6. The standard InChI is InChI=1S/C17H18F7NO4S3/c1-3-5-7-9-10(8-6-4-2)30-15-11(18)13(20)16(14(21)12(15)19)31(26,27)25-32(28,29)17(22,23)24/h3-4,10,25H,1-2,5-9H2. The van der Waals surface area contributed by atoms with Gasteiger partial charge in [-0.2, -0.15) is 13.2 Å². The summed E-state index contributed by atoms with van der Waals surface area (Å²) in [6.07, 6.45) is 5.13. The van der Waals surface area contributed by atoms with Crippen molar-refractivity contribution in [2.45, 2.75) is 52.7 Å². The molecule has 0 aliphatic heterocycles. The molecule has 0 saturated heterocycles. The van der Waals surface area contributed by atoms with Crippen LogP contribution in [0.4, 0.5) is 30.7 Å². The minimum atomic E-state index is -6.65. The molecular weight excluding hydrogens is 511 g/mol. The number of benzene rings is 1. The maximum atomic E-state index is 14.5. The third kappa shape index (κ3) is 6.71. The van der Waals surface area contributed by atoms with Crippen LogP contribution in [-0.2, 0) is 20.0 Å². The first-order valence-corrected chi connectivity index (χ1v) is 12.5. The molecule has 0 heterocycles. The van der Waals surface area contributed by atoms with Gasteiger partial charge in [0.15, 0.2) is 28.2 Å². The molecule has 1 unspecified atom stereocenters. The van der Waals surface area contributed by atoms with E-state index in [0.717, 1.165) is 0 Å². The normalized spacial score (nSPS) is 13.7. The fourth-order valence-corrected chi connectivity index (χ4v) is 6.16. The van der Waals surface area contributed by atoms with Gasteiger partial charge in [0.05, 0.1) is 4.90 Å². The Bertz CT molecular complexity index is 1040. The quantitative estimate of drug-likeness (QED) is 0.133. The van der Waals surface area contributed by atoms with E-state index in [9.17, 15) is 47.6 Å². The molecule has 1 atom stereocenters. The summed E-state index contributed by atoms with van der Waals surface area (Å²) in [4.78, 5) is -3.76. The summed E-state index contributed by atoms with van der Waals surface area (Å²) in [6, 6.07) is 0. The Morgan fingerprint density at radius 1 is 0.875 bits per heavy atom. The van der Waals surface area contributed by atoms with Crippen molar-refractivity contribution in [3.05, 3.63) is 48.6 Å². The lowest BCUT2D eigenvalue weighted by Gasteiger charge is -2.18. The number of alkyl halides is 3. The topological polar surface area (TPSA) is 80.3 Å². The van der Waals surface area contributed by atoms with Gasteiger partial charge in [0.2, 0.25) is 0 Å². The third-order valence-electron chi connectivity index (χ3n) is 3.89. The van der Waals surface area contributed by atoms with E-state index >= 15 is 0 Å². The molecule has 0 aromatic heterocycles. The van der Waals surface area contributed by atoms with E-state index in [0.29, 0.717) is 43.9 Å². The van der Waals surface area contributed by atoms with Crippen LogP contribution in [0.3, 0.4) is 0 Å². The van der Waals surface area contributed by atoms with Crippen molar-refractivity contribution >= 4 is 31.8 Å². The highest BCUT2D eigenvalue weighted by atomic mass is 32.3. The summed E-state index contributed by atoms with van der Waals surface area (Å²) < 4.78 is 141. The molecule has 0 aliphatic rings. The second-order valence-corrected chi connectivity index (χ2v) is 11.1. The molecule has 15 heteroatoms. The molecule has 1 aromatic carbocycles. The van der Waals surface area contributed by atoms with Gasteiger partial charge >= 0.3 is 15.5 Å². The highest BCUT2D eigenvalue weighted by Crippen LogP contribution is 2.38. The summed E-state index contributed by atoms with van der Waals surface area (Å²) in [5, 5.41) is -0.582. The molecule has 32 heavy (non-hydrogen) atoms. The number of hydrogen-bond donors (Lipinski definition) is 1. The van der Waals surface area contributed by atoms with E-state index in [1.54, 1.807) is 6.08 Å². The molecule has 1 aromatic rings. The first kappa shape index (κ1) is 28.5. The molecule has 0 spiro atoms. The Morgan fingerprint density at radius 3 is 1.81 bits per heavy atom. The van der Waals surface area contributed by atoms with Gasteiger partial charge in [-0.25, -0.2) is 34.4 Å². The Balaban J connectivity index is 3.47. The molecule has 1 N–H and O–H groups in total. The molecule has 1 rings (SSSR count). The van der Waals surface area contributed by atoms with Crippen molar-refractivity contribution in [1.29, 1.82) is 0 Å². The Kier molecular flexibility index (Phi) is 9.81. The van der Waals surface area contributed by atoms with E-state index in [4.69, 9.17) is 0 Å². The number of hydrogen-bond acceptors (Lipinski definition) is 5. The monoisotopic (exact) mass is 529 g/mol. The highest BCUT2D eigenvalue weighted by molar-refractivity contribution is 8.05. The van der Waals surface area contributed by atoms with Gasteiger partial charge < -0.3 is 0 Å². The largest absolute Gasteiger partial charge is 0.512 e. The number of rotatable bonds is 12. The number of thioether (sulfide) groups is 1. The minimum absolute atomic E-state index is 0.0263. The first-order valence-electron chi connectivity index (χ1n) is 8.70. The van der Waals surface area contributed by atoms with Gasteiger partial charge in [0.1, 0.15) is 0 Å². The van der Waals surface area contributed by atoms with Crippen LogP contribution in [0, 0.1) is 23.3 Å². The molecule has 0 saturated carbocycles. The number of nitrogens with one attached hydrogen (secondary N) is 1. The fourth-order valence-electron chi connectivity index (χ4n) is 2.39. The van der Waals surface area contributed by atoms with Crippen LogP contribution < -0.4 is 4.13 Å². The molecule has 0 aliphatic carbocycles. The van der Waals surface area contributed by atoms with Crippen molar-refractivity contribution in [2.24, 2.45) is 0 Å². The second kappa shape index (κ2) is 11.0. The zero-order valence-electron chi connectivity index (χ0n) is 16.2. The van der Waals surface area contributed by atoms with Crippen molar-refractivity contribution in [2.75, 3.05) is 0 Å². The molecule has 182 valence electrons. The maximum absolute atomic E-state index is 14.5. The van der Waals surface area contributed by atoms with Crippen molar-refractivity contribution in [1.82, 2.24) is 4.13 Å². The summed E-state index contributed by atoms with van der Waals surface area (Å²) >= 11 is 0.372. The van der Waals surface area contributed by atoms with Crippen LogP contribution in [0.25, 0.3) is 0 Å². The summed E-state index contributed by atoms with van der Waals surface area (Å²) in [5.74, 6) is -9.51. The molecule has 0 radical (unpaired) electrons. The number of allylic oxidation sites excluding steroid dienone is 2. The highest BCUT2D eigenvalue weighted by Gasteiger charge is 2.49. The van der Waals surface area contributed by atoms with Crippen LogP contribution in [0.15, 0.2) is 35.1 Å². The van der Waals surface area contributed by atoms with Gasteiger partial charge in [-0.15, -0.1) is 24.9 Å². The second-order valence-electron chi connectivity index (χ2n) is 6.28. The van der Waals surface area contributed by atoms with Crippen LogP contribution in [0.5, 0.6) is 0 Å². The molecule has 0 fully saturated rings. The smallest absolute Gasteiger partial charge is 0.206 e. The predicted molar refractivity (Wildman–Crippen MR) is 105 cm³/mol. The lowest BCUT2D eigenvalue weighted by atomic mass is 10.1. The third-order valence-corrected chi connectivity index (χ3v) is 8.55. The molecule has 0 bridgehead atoms. The number of sulfonamides is 2. The van der Waals surface area contributed by atoms with E-state index in [2.05, 4.69) is 13.2 Å². The molecule has 0 amide bonds. The Morgan fingerprint density at radius 2 is 1.38 bits per heavy atom. The zero-order valence-corrected chi connectivity index (χ0v) is 18.6. The maximum Gasteiger partial charge on any atom is 0.512 e. The lowest BCUT2D eigenvalue weighted by molar-refractivity contribution is -0.0441. The van der Waals surface area contributed by atoms with Crippen LogP contribution >= 0.6 is 11.8 Å². The Labute approximate surface area is 184 Å². The zero-order chi connectivity index (χ0) is 24.9. The lowest BCUT2D eigenvalue weighted by Crippen LogP contribution is -2.41. The van der Waals surface area contributed by atoms with E-state index in [-0.39, 0.29) is 4.13 Å². The minimum Gasteiger partial charge on any atom is -0.206 e. The van der Waals surface area contributed by atoms with Crippen molar-refractivity contribution < 1.29 is 47.6 Å². The molecular formula is C17H18F7NO4S3. The average molecular weight is 530 g/mol. The number of halogens is 7. The van der Waals surface area contributed by atoms with Crippen LogP contribution in [0.2, 0.25) is 0 Å². The van der Waals surface area contributed by atoms with Crippen LogP contribution in [0.1, 0.15) is 32.1 Å². The van der Waals surface area contributed by atoms with Gasteiger partial charge in [0, 0.05) is 5.25 Å². The summed E-state index contributed by atoms with van der Waals surface area (Å²) in [7, 11) is -12.9. The van der Waals surface area contributed by atoms with Crippen molar-refractivity contribution in [3.8, 4) is 0 Å². The average Bonchev–Trinajstić information content (AvgIpc) is 2.65. The van der Waals surface area contributed by atoms with E-state index in [1.165, 1.54) is 6.08 Å². The van der Waals surface area contributed by atoms with Crippen LogP contribution in [-0.4, -0.2) is 27.6 Å². The summed E-state index contributed by atoms with van der Waals surface area (Å²) in [5.41, 5.74) is -6.18. The van der Waals surface area contributed by atoms with Gasteiger partial charge in [-0.1, -0.05) is 16.3 Å².